The average Bonchev–Trinajstić information content (AvgIpc) is 2.16. The average molecular weight is 197 g/mol. The van der Waals surface area contributed by atoms with Gasteiger partial charge in [0.1, 0.15) is 0 Å². The molecule has 0 saturated carbocycles. The third-order valence-electron chi connectivity index (χ3n) is 1.70. The Morgan fingerprint density at radius 1 is 1.62 bits per heavy atom. The van der Waals surface area contributed by atoms with E-state index >= 15 is 0 Å². The highest BCUT2D eigenvalue weighted by Gasteiger charge is 2.09. The summed E-state index contributed by atoms with van der Waals surface area (Å²) in [4.78, 5) is 11.1. The lowest BCUT2D eigenvalue weighted by Crippen LogP contribution is -2.05. The fraction of sp³-hybridized carbons (Fsp3) is 0.222. The minimum Gasteiger partial charge on any atom is -0.465 e. The maximum absolute atomic E-state index is 11.1. The van der Waals surface area contributed by atoms with Crippen LogP contribution in [0.3, 0.4) is 0 Å². The summed E-state index contributed by atoms with van der Waals surface area (Å²) in [5.74, 6) is 0.189. The Balaban J connectivity index is 3.05. The van der Waals surface area contributed by atoms with Crippen LogP contribution in [0.5, 0.6) is 0 Å². The fourth-order valence-corrected chi connectivity index (χ4v) is 1.20. The van der Waals surface area contributed by atoms with Crippen molar-refractivity contribution < 1.29 is 9.53 Å². The van der Waals surface area contributed by atoms with Gasteiger partial charge in [0.15, 0.2) is 0 Å². The summed E-state index contributed by atoms with van der Waals surface area (Å²) < 4.78 is 4.55. The van der Waals surface area contributed by atoms with E-state index in [0.717, 1.165) is 5.56 Å². The Bertz CT molecular complexity index is 325. The number of carbonyl (C=O) groups is 1. The van der Waals surface area contributed by atoms with Crippen molar-refractivity contribution in [2.75, 3.05) is 12.8 Å². The minimum atomic E-state index is -0.414. The number of rotatable bonds is 2. The van der Waals surface area contributed by atoms with Gasteiger partial charge < -0.3 is 10.5 Å². The lowest BCUT2D eigenvalue weighted by molar-refractivity contribution is 0.0602. The van der Waals surface area contributed by atoms with Gasteiger partial charge in [0.05, 0.1) is 12.7 Å². The molecule has 0 aliphatic rings. The number of benzene rings is 1. The molecule has 0 radical (unpaired) electrons. The van der Waals surface area contributed by atoms with E-state index in [1.807, 2.05) is 0 Å². The van der Waals surface area contributed by atoms with Gasteiger partial charge in [-0.15, -0.1) is 0 Å². The van der Waals surface area contributed by atoms with Crippen LogP contribution >= 0.6 is 12.6 Å². The van der Waals surface area contributed by atoms with Gasteiger partial charge in [-0.25, -0.2) is 4.79 Å². The van der Waals surface area contributed by atoms with Crippen molar-refractivity contribution in [2.24, 2.45) is 0 Å². The number of hydrogen-bond acceptors (Lipinski definition) is 4. The zero-order chi connectivity index (χ0) is 9.84. The SMILES string of the molecule is COC(=O)c1ccc(CS)cc1N. The molecule has 0 aromatic heterocycles. The summed E-state index contributed by atoms with van der Waals surface area (Å²) in [5, 5.41) is 0. The van der Waals surface area contributed by atoms with E-state index in [1.54, 1.807) is 18.2 Å². The number of carbonyl (C=O) groups excluding carboxylic acids is 1. The smallest absolute Gasteiger partial charge is 0.339 e. The number of ether oxygens (including phenoxy) is 1. The highest BCUT2D eigenvalue weighted by atomic mass is 32.1. The van der Waals surface area contributed by atoms with Crippen molar-refractivity contribution >= 4 is 24.3 Å². The Hall–Kier alpha value is -1.16. The zero-order valence-corrected chi connectivity index (χ0v) is 8.17. The molecule has 0 fully saturated rings. The Labute approximate surface area is 82.3 Å². The molecule has 2 N–H and O–H groups in total. The van der Waals surface area contributed by atoms with Crippen molar-refractivity contribution in [1.29, 1.82) is 0 Å². The molecule has 1 aromatic carbocycles. The highest BCUT2D eigenvalue weighted by Crippen LogP contribution is 2.16. The van der Waals surface area contributed by atoms with E-state index < -0.39 is 5.97 Å². The number of nitrogens with two attached hydrogens (primary N) is 1. The number of esters is 1. The molecule has 0 unspecified atom stereocenters. The van der Waals surface area contributed by atoms with Crippen molar-refractivity contribution in [3.8, 4) is 0 Å². The third kappa shape index (κ3) is 2.15. The molecular weight excluding hydrogens is 186 g/mol. The predicted octanol–water partition coefficient (Wildman–Crippen LogP) is 1.49. The minimum absolute atomic E-state index is 0.396. The summed E-state index contributed by atoms with van der Waals surface area (Å²) in [6.45, 7) is 0. The first-order chi connectivity index (χ1) is 6.19. The molecular formula is C9H11NO2S. The van der Waals surface area contributed by atoms with Crippen LogP contribution in [0.1, 0.15) is 15.9 Å². The molecule has 1 aromatic rings. The molecule has 1 rings (SSSR count). The van der Waals surface area contributed by atoms with Gasteiger partial charge in [0.2, 0.25) is 0 Å². The van der Waals surface area contributed by atoms with E-state index in [1.165, 1.54) is 7.11 Å². The molecule has 0 bridgehead atoms. The Kier molecular flexibility index (Phi) is 3.19. The maximum atomic E-state index is 11.1. The standard InChI is InChI=1S/C9H11NO2S/c1-12-9(11)7-3-2-6(5-13)4-8(7)10/h2-4,13H,5,10H2,1H3. The zero-order valence-electron chi connectivity index (χ0n) is 7.28. The highest BCUT2D eigenvalue weighted by molar-refractivity contribution is 7.79. The van der Waals surface area contributed by atoms with Gasteiger partial charge in [-0.05, 0) is 17.7 Å². The van der Waals surface area contributed by atoms with Crippen LogP contribution < -0.4 is 5.73 Å². The van der Waals surface area contributed by atoms with Crippen LogP contribution in [0.4, 0.5) is 5.69 Å². The molecule has 70 valence electrons. The second kappa shape index (κ2) is 4.18. The number of methoxy groups -OCH3 is 1. The number of hydrogen-bond donors (Lipinski definition) is 2. The van der Waals surface area contributed by atoms with E-state index in [-0.39, 0.29) is 0 Å². The second-order valence-corrected chi connectivity index (χ2v) is 2.89. The normalized spacial score (nSPS) is 9.69. The van der Waals surface area contributed by atoms with E-state index in [0.29, 0.717) is 17.0 Å². The number of nitrogen functional groups attached to an aromatic ring is 1. The van der Waals surface area contributed by atoms with Gasteiger partial charge in [0.25, 0.3) is 0 Å². The molecule has 4 heteroatoms. The molecule has 0 saturated heterocycles. The van der Waals surface area contributed by atoms with Crippen LogP contribution in [0.15, 0.2) is 18.2 Å². The molecule has 0 spiro atoms. The predicted molar refractivity (Wildman–Crippen MR) is 54.9 cm³/mol. The van der Waals surface area contributed by atoms with Crippen molar-refractivity contribution in [1.82, 2.24) is 0 Å². The van der Waals surface area contributed by atoms with Crippen LogP contribution in [0, 0.1) is 0 Å². The van der Waals surface area contributed by atoms with Crippen molar-refractivity contribution in [2.45, 2.75) is 5.75 Å². The van der Waals surface area contributed by atoms with Gasteiger partial charge >= 0.3 is 5.97 Å². The Morgan fingerprint density at radius 2 is 2.31 bits per heavy atom. The quantitative estimate of drug-likeness (QED) is 0.429. The molecule has 3 nitrogen and oxygen atoms in total. The van der Waals surface area contributed by atoms with Gasteiger partial charge in [-0.2, -0.15) is 12.6 Å². The first kappa shape index (κ1) is 9.92. The summed E-state index contributed by atoms with van der Waals surface area (Å²) in [6.07, 6.45) is 0. The van der Waals surface area contributed by atoms with Gasteiger partial charge in [-0.1, -0.05) is 6.07 Å². The number of thiol groups is 1. The molecule has 0 amide bonds. The first-order valence-electron chi connectivity index (χ1n) is 3.76. The fourth-order valence-electron chi connectivity index (χ4n) is 1.01. The largest absolute Gasteiger partial charge is 0.465 e. The van der Waals surface area contributed by atoms with Crippen LogP contribution in [0.25, 0.3) is 0 Å². The molecule has 0 atom stereocenters. The summed E-state index contributed by atoms with van der Waals surface area (Å²) in [7, 11) is 1.33. The topological polar surface area (TPSA) is 52.3 Å². The van der Waals surface area contributed by atoms with E-state index in [4.69, 9.17) is 5.73 Å². The van der Waals surface area contributed by atoms with Gasteiger partial charge in [-0.3, -0.25) is 0 Å². The van der Waals surface area contributed by atoms with Gasteiger partial charge in [0, 0.05) is 11.4 Å². The number of anilines is 1. The molecule has 13 heavy (non-hydrogen) atoms. The van der Waals surface area contributed by atoms with Crippen molar-refractivity contribution in [3.63, 3.8) is 0 Å². The lowest BCUT2D eigenvalue weighted by atomic mass is 10.1. The second-order valence-electron chi connectivity index (χ2n) is 2.57. The van der Waals surface area contributed by atoms with Crippen LogP contribution in [-0.4, -0.2) is 13.1 Å². The first-order valence-corrected chi connectivity index (χ1v) is 4.40. The van der Waals surface area contributed by atoms with Crippen LogP contribution in [0.2, 0.25) is 0 Å². The van der Waals surface area contributed by atoms with E-state index in [2.05, 4.69) is 17.4 Å². The summed E-state index contributed by atoms with van der Waals surface area (Å²) in [6, 6.07) is 5.17. The monoisotopic (exact) mass is 197 g/mol. The Morgan fingerprint density at radius 3 is 2.77 bits per heavy atom. The van der Waals surface area contributed by atoms with Crippen molar-refractivity contribution in [3.05, 3.63) is 29.3 Å². The van der Waals surface area contributed by atoms with E-state index in [9.17, 15) is 4.79 Å². The maximum Gasteiger partial charge on any atom is 0.339 e. The molecule has 0 heterocycles. The summed E-state index contributed by atoms with van der Waals surface area (Å²) >= 11 is 4.09. The molecule has 0 aliphatic carbocycles. The van der Waals surface area contributed by atoms with Crippen LogP contribution in [-0.2, 0) is 10.5 Å². The molecule has 0 aliphatic heterocycles. The third-order valence-corrected chi connectivity index (χ3v) is 2.07. The lowest BCUT2D eigenvalue weighted by Gasteiger charge is -2.04. The summed E-state index contributed by atoms with van der Waals surface area (Å²) in [5.41, 5.74) is 7.44.